The molecule has 22 heavy (non-hydrogen) atoms. The van der Waals surface area contributed by atoms with Gasteiger partial charge in [-0.2, -0.15) is 5.10 Å². The van der Waals surface area contributed by atoms with Gasteiger partial charge < -0.3 is 5.32 Å². The van der Waals surface area contributed by atoms with E-state index in [2.05, 4.69) is 10.4 Å². The fourth-order valence-electron chi connectivity index (χ4n) is 2.19. The number of aryl methyl sites for hydroxylation is 1. The molecule has 0 aliphatic carbocycles. The molecule has 0 unspecified atom stereocenters. The minimum Gasteiger partial charge on any atom is -0.319 e. The van der Waals surface area contributed by atoms with Crippen molar-refractivity contribution in [2.24, 2.45) is 0 Å². The normalized spacial score (nSPS) is 10.4. The highest BCUT2D eigenvalue weighted by molar-refractivity contribution is 6.04. The molecule has 1 aromatic heterocycles. The third-order valence-corrected chi connectivity index (χ3v) is 3.39. The number of hydrogen-bond acceptors (Lipinski definition) is 2. The third-order valence-electron chi connectivity index (χ3n) is 3.39. The zero-order valence-corrected chi connectivity index (χ0v) is 12.4. The van der Waals surface area contributed by atoms with Crippen LogP contribution in [0.1, 0.15) is 21.5 Å². The predicted molar refractivity (Wildman–Crippen MR) is 86.9 cm³/mol. The Morgan fingerprint density at radius 2 is 1.82 bits per heavy atom. The van der Waals surface area contributed by atoms with E-state index in [4.69, 9.17) is 0 Å². The van der Waals surface area contributed by atoms with Gasteiger partial charge in [0.2, 0.25) is 0 Å². The molecule has 1 heterocycles. The second kappa shape index (κ2) is 6.26. The molecule has 0 radical (unpaired) electrons. The number of amides is 1. The zero-order valence-electron chi connectivity index (χ0n) is 12.4. The van der Waals surface area contributed by atoms with Crippen molar-refractivity contribution in [2.45, 2.75) is 13.5 Å². The molecule has 4 nitrogen and oxygen atoms in total. The molecule has 0 aliphatic heterocycles. The van der Waals surface area contributed by atoms with Gasteiger partial charge in [-0.25, -0.2) is 0 Å². The molecule has 0 bridgehead atoms. The Labute approximate surface area is 129 Å². The molecule has 0 saturated heterocycles. The first-order chi connectivity index (χ1) is 10.7. The number of nitrogens with zero attached hydrogens (tertiary/aromatic N) is 2. The van der Waals surface area contributed by atoms with E-state index < -0.39 is 0 Å². The van der Waals surface area contributed by atoms with E-state index in [-0.39, 0.29) is 5.91 Å². The molecule has 3 aromatic rings. The number of carbonyl (C=O) groups excluding carboxylic acids is 1. The molecule has 110 valence electrons. The van der Waals surface area contributed by atoms with Crippen LogP contribution in [0, 0.1) is 6.92 Å². The summed E-state index contributed by atoms with van der Waals surface area (Å²) in [5, 5.41) is 7.14. The van der Waals surface area contributed by atoms with Crippen molar-refractivity contribution in [3.8, 4) is 0 Å². The van der Waals surface area contributed by atoms with Gasteiger partial charge in [0.15, 0.2) is 0 Å². The summed E-state index contributed by atoms with van der Waals surface area (Å²) in [4.78, 5) is 12.1. The monoisotopic (exact) mass is 291 g/mol. The SMILES string of the molecule is Cc1ccc(C(=O)Nc2cnn(Cc3ccccc3)c2)cc1. The van der Waals surface area contributed by atoms with Crippen molar-refractivity contribution in [1.29, 1.82) is 0 Å². The topological polar surface area (TPSA) is 46.9 Å². The highest BCUT2D eigenvalue weighted by Crippen LogP contribution is 2.11. The Morgan fingerprint density at radius 3 is 2.55 bits per heavy atom. The Kier molecular flexibility index (Phi) is 4.01. The van der Waals surface area contributed by atoms with Gasteiger partial charge >= 0.3 is 0 Å². The number of carbonyl (C=O) groups is 1. The average molecular weight is 291 g/mol. The van der Waals surface area contributed by atoms with E-state index in [1.54, 1.807) is 10.9 Å². The van der Waals surface area contributed by atoms with Crippen LogP contribution in [0.4, 0.5) is 5.69 Å². The predicted octanol–water partition coefficient (Wildman–Crippen LogP) is 3.49. The molecule has 3 rings (SSSR count). The van der Waals surface area contributed by atoms with E-state index >= 15 is 0 Å². The molecule has 1 N–H and O–H groups in total. The first-order valence-electron chi connectivity index (χ1n) is 7.15. The number of rotatable bonds is 4. The minimum atomic E-state index is -0.126. The summed E-state index contributed by atoms with van der Waals surface area (Å²) in [5.74, 6) is -0.126. The van der Waals surface area contributed by atoms with Crippen molar-refractivity contribution in [2.75, 3.05) is 5.32 Å². The van der Waals surface area contributed by atoms with Crippen LogP contribution in [0.5, 0.6) is 0 Å². The molecule has 0 spiro atoms. The van der Waals surface area contributed by atoms with Crippen LogP contribution in [-0.4, -0.2) is 15.7 Å². The lowest BCUT2D eigenvalue weighted by atomic mass is 10.1. The van der Waals surface area contributed by atoms with E-state index in [1.807, 2.05) is 67.7 Å². The highest BCUT2D eigenvalue weighted by atomic mass is 16.1. The van der Waals surface area contributed by atoms with Crippen molar-refractivity contribution in [1.82, 2.24) is 9.78 Å². The molecule has 0 saturated carbocycles. The summed E-state index contributed by atoms with van der Waals surface area (Å²) in [7, 11) is 0. The van der Waals surface area contributed by atoms with Crippen molar-refractivity contribution in [3.05, 3.63) is 83.7 Å². The summed E-state index contributed by atoms with van der Waals surface area (Å²) >= 11 is 0. The van der Waals surface area contributed by atoms with E-state index in [1.165, 1.54) is 5.56 Å². The largest absolute Gasteiger partial charge is 0.319 e. The number of nitrogens with one attached hydrogen (secondary N) is 1. The maximum absolute atomic E-state index is 12.1. The second-order valence-corrected chi connectivity index (χ2v) is 5.23. The van der Waals surface area contributed by atoms with Crippen molar-refractivity contribution < 1.29 is 4.79 Å². The fraction of sp³-hybridized carbons (Fsp3) is 0.111. The van der Waals surface area contributed by atoms with Crippen LogP contribution >= 0.6 is 0 Å². The Hall–Kier alpha value is -2.88. The lowest BCUT2D eigenvalue weighted by Gasteiger charge is -2.03. The van der Waals surface area contributed by atoms with Crippen LogP contribution in [0.25, 0.3) is 0 Å². The summed E-state index contributed by atoms with van der Waals surface area (Å²) in [6.45, 7) is 2.68. The standard InChI is InChI=1S/C18H17N3O/c1-14-7-9-16(10-8-14)18(22)20-17-11-19-21(13-17)12-15-5-3-2-4-6-15/h2-11,13H,12H2,1H3,(H,20,22). The number of hydrogen-bond donors (Lipinski definition) is 1. The molecular weight excluding hydrogens is 274 g/mol. The van der Waals surface area contributed by atoms with Crippen molar-refractivity contribution in [3.63, 3.8) is 0 Å². The maximum atomic E-state index is 12.1. The molecular formula is C18H17N3O. The second-order valence-electron chi connectivity index (χ2n) is 5.23. The fourth-order valence-corrected chi connectivity index (χ4v) is 2.19. The first-order valence-corrected chi connectivity index (χ1v) is 7.15. The maximum Gasteiger partial charge on any atom is 0.255 e. The summed E-state index contributed by atoms with van der Waals surface area (Å²) in [6, 6.07) is 17.6. The van der Waals surface area contributed by atoms with Gasteiger partial charge in [0, 0.05) is 11.8 Å². The van der Waals surface area contributed by atoms with Crippen molar-refractivity contribution >= 4 is 11.6 Å². The van der Waals surface area contributed by atoms with Crippen LogP contribution in [0.15, 0.2) is 67.0 Å². The smallest absolute Gasteiger partial charge is 0.255 e. The Bertz CT molecular complexity index is 761. The van der Waals surface area contributed by atoms with E-state index in [0.717, 1.165) is 5.56 Å². The van der Waals surface area contributed by atoms with Crippen LogP contribution in [0.2, 0.25) is 0 Å². The van der Waals surface area contributed by atoms with Gasteiger partial charge in [0.1, 0.15) is 0 Å². The first kappa shape index (κ1) is 14.1. The van der Waals surface area contributed by atoms with Gasteiger partial charge in [-0.15, -0.1) is 0 Å². The summed E-state index contributed by atoms with van der Waals surface area (Å²) < 4.78 is 1.81. The minimum absolute atomic E-state index is 0.126. The molecule has 0 fully saturated rings. The van der Waals surface area contributed by atoms with Gasteiger partial charge in [-0.1, -0.05) is 48.0 Å². The summed E-state index contributed by atoms with van der Waals surface area (Å²) in [5.41, 5.74) is 3.64. The van der Waals surface area contributed by atoms with Gasteiger partial charge in [-0.3, -0.25) is 9.48 Å². The lowest BCUT2D eigenvalue weighted by molar-refractivity contribution is 0.102. The molecule has 4 heteroatoms. The molecule has 0 aliphatic rings. The molecule has 1 amide bonds. The average Bonchev–Trinajstić information content (AvgIpc) is 2.96. The van der Waals surface area contributed by atoms with Crippen LogP contribution < -0.4 is 5.32 Å². The number of benzene rings is 2. The quantitative estimate of drug-likeness (QED) is 0.800. The lowest BCUT2D eigenvalue weighted by Crippen LogP contribution is -2.11. The Morgan fingerprint density at radius 1 is 1.09 bits per heavy atom. The highest BCUT2D eigenvalue weighted by Gasteiger charge is 2.07. The summed E-state index contributed by atoms with van der Waals surface area (Å²) in [6.07, 6.45) is 3.49. The van der Waals surface area contributed by atoms with Gasteiger partial charge in [0.25, 0.3) is 5.91 Å². The zero-order chi connectivity index (χ0) is 15.4. The van der Waals surface area contributed by atoms with Gasteiger partial charge in [-0.05, 0) is 24.6 Å². The van der Waals surface area contributed by atoms with E-state index in [9.17, 15) is 4.79 Å². The van der Waals surface area contributed by atoms with Gasteiger partial charge in [0.05, 0.1) is 18.4 Å². The number of anilines is 1. The molecule has 0 atom stereocenters. The van der Waals surface area contributed by atoms with E-state index in [0.29, 0.717) is 17.8 Å². The Balaban J connectivity index is 1.66. The number of aromatic nitrogens is 2. The van der Waals surface area contributed by atoms with Crippen LogP contribution in [0.3, 0.4) is 0 Å². The third kappa shape index (κ3) is 3.41. The van der Waals surface area contributed by atoms with Crippen LogP contribution in [-0.2, 0) is 6.54 Å². The molecule has 2 aromatic carbocycles.